The number of aromatic nitrogens is 4. The van der Waals surface area contributed by atoms with Gasteiger partial charge in [0, 0.05) is 36.2 Å². The molecule has 2 fully saturated rings. The Morgan fingerprint density at radius 1 is 1.19 bits per heavy atom. The minimum atomic E-state index is -0.858. The Morgan fingerprint density at radius 2 is 2.00 bits per heavy atom. The minimum absolute atomic E-state index is 0.0340. The summed E-state index contributed by atoms with van der Waals surface area (Å²) in [7, 11) is 0. The zero-order chi connectivity index (χ0) is 17.7. The molecule has 2 atom stereocenters. The van der Waals surface area contributed by atoms with Gasteiger partial charge in [-0.25, -0.2) is 0 Å². The largest absolute Gasteiger partial charge is 0.491 e. The molecule has 0 amide bonds. The number of halogens is 1. The third kappa shape index (κ3) is 2.43. The zero-order valence-corrected chi connectivity index (χ0v) is 13.9. The van der Waals surface area contributed by atoms with Crippen LogP contribution < -0.4 is 15.5 Å². The van der Waals surface area contributed by atoms with Gasteiger partial charge in [0.1, 0.15) is 0 Å². The average Bonchev–Trinajstić information content (AvgIpc) is 3.20. The van der Waals surface area contributed by atoms with Crippen LogP contribution in [-0.2, 0) is 0 Å². The number of piperazine rings is 1. The van der Waals surface area contributed by atoms with Crippen LogP contribution in [0.15, 0.2) is 24.4 Å². The van der Waals surface area contributed by atoms with Crippen LogP contribution in [0.2, 0.25) is 0 Å². The number of hydrogen-bond acceptors (Lipinski definition) is 7. The molecule has 5 rings (SSSR count). The zero-order valence-electron chi connectivity index (χ0n) is 13.9. The quantitative estimate of drug-likeness (QED) is 0.569. The van der Waals surface area contributed by atoms with Crippen molar-refractivity contribution in [3.05, 3.63) is 30.2 Å². The number of aromatic hydroxyl groups is 1. The highest BCUT2D eigenvalue weighted by Crippen LogP contribution is 2.34. The lowest BCUT2D eigenvalue weighted by Gasteiger charge is -2.35. The highest BCUT2D eigenvalue weighted by molar-refractivity contribution is 5.82. The van der Waals surface area contributed by atoms with E-state index < -0.39 is 11.7 Å². The van der Waals surface area contributed by atoms with Gasteiger partial charge in [0.15, 0.2) is 5.82 Å². The first-order valence-electron chi connectivity index (χ1n) is 8.65. The van der Waals surface area contributed by atoms with Gasteiger partial charge in [0.25, 0.3) is 5.88 Å². The van der Waals surface area contributed by atoms with E-state index in [4.69, 9.17) is 0 Å². The van der Waals surface area contributed by atoms with Gasteiger partial charge < -0.3 is 20.6 Å². The molecule has 2 aromatic heterocycles. The third-order valence-electron chi connectivity index (χ3n) is 5.14. The standard InChI is InChI=1S/C17H18FN7O/c18-14-15(21-10-1-4-13-9(5-10)6-20-24-13)22-17(23-16(14)26)25-11-2-3-12(25)8-19-7-11/h1,4-6,11-12,19H,2-3,7-8H2,(H,20,24)(H2,21,22,23,26). The van der Waals surface area contributed by atoms with Crippen molar-refractivity contribution in [3.8, 4) is 5.88 Å². The fraction of sp³-hybridized carbons (Fsp3) is 0.353. The maximum atomic E-state index is 14.4. The van der Waals surface area contributed by atoms with Crippen LogP contribution in [0.1, 0.15) is 12.8 Å². The molecule has 9 heteroatoms. The second-order valence-corrected chi connectivity index (χ2v) is 6.76. The Hall–Kier alpha value is -2.94. The Morgan fingerprint density at radius 3 is 2.81 bits per heavy atom. The van der Waals surface area contributed by atoms with Crippen molar-refractivity contribution < 1.29 is 9.50 Å². The van der Waals surface area contributed by atoms with Crippen molar-refractivity contribution >= 4 is 28.4 Å². The van der Waals surface area contributed by atoms with Gasteiger partial charge in [0.2, 0.25) is 11.8 Å². The second-order valence-electron chi connectivity index (χ2n) is 6.76. The molecule has 2 saturated heterocycles. The molecule has 2 aliphatic heterocycles. The van der Waals surface area contributed by atoms with E-state index in [-0.39, 0.29) is 17.9 Å². The number of nitrogens with zero attached hydrogens (tertiary/aromatic N) is 4. The average molecular weight is 355 g/mol. The molecule has 0 spiro atoms. The summed E-state index contributed by atoms with van der Waals surface area (Å²) in [6.45, 7) is 1.69. The van der Waals surface area contributed by atoms with Crippen molar-refractivity contribution in [3.63, 3.8) is 0 Å². The number of anilines is 3. The Labute approximate surface area is 148 Å². The summed E-state index contributed by atoms with van der Waals surface area (Å²) in [5.74, 6) is -1.17. The molecule has 26 heavy (non-hydrogen) atoms. The fourth-order valence-electron chi connectivity index (χ4n) is 3.88. The van der Waals surface area contributed by atoms with Crippen molar-refractivity contribution in [1.29, 1.82) is 0 Å². The molecule has 0 aliphatic carbocycles. The first-order chi connectivity index (χ1) is 12.7. The summed E-state index contributed by atoms with van der Waals surface area (Å²) in [5, 5.41) is 24.1. The molecule has 4 heterocycles. The van der Waals surface area contributed by atoms with Crippen molar-refractivity contribution in [2.75, 3.05) is 23.3 Å². The maximum Gasteiger partial charge on any atom is 0.255 e. The van der Waals surface area contributed by atoms with Crippen LogP contribution in [0.4, 0.5) is 21.8 Å². The van der Waals surface area contributed by atoms with Crippen LogP contribution in [-0.4, -0.2) is 50.4 Å². The van der Waals surface area contributed by atoms with E-state index in [1.165, 1.54) is 0 Å². The summed E-state index contributed by atoms with van der Waals surface area (Å²) < 4.78 is 14.4. The molecule has 4 N–H and O–H groups in total. The van der Waals surface area contributed by atoms with Gasteiger partial charge in [-0.1, -0.05) is 0 Å². The number of benzene rings is 1. The van der Waals surface area contributed by atoms with Gasteiger partial charge >= 0.3 is 0 Å². The number of fused-ring (bicyclic) bond motifs is 3. The van der Waals surface area contributed by atoms with Gasteiger partial charge in [-0.05, 0) is 31.0 Å². The Balaban J connectivity index is 1.51. The van der Waals surface area contributed by atoms with E-state index in [0.717, 1.165) is 36.8 Å². The second kappa shape index (κ2) is 5.80. The summed E-state index contributed by atoms with van der Waals surface area (Å²) >= 11 is 0. The normalized spacial score (nSPS) is 22.1. The first kappa shape index (κ1) is 15.3. The van der Waals surface area contributed by atoms with Crippen molar-refractivity contribution in [2.24, 2.45) is 0 Å². The molecule has 3 aromatic rings. The van der Waals surface area contributed by atoms with Crippen molar-refractivity contribution in [2.45, 2.75) is 24.9 Å². The minimum Gasteiger partial charge on any atom is -0.491 e. The van der Waals surface area contributed by atoms with Gasteiger partial charge in [-0.2, -0.15) is 19.5 Å². The van der Waals surface area contributed by atoms with Crippen LogP contribution in [0.3, 0.4) is 0 Å². The fourth-order valence-corrected chi connectivity index (χ4v) is 3.88. The number of rotatable bonds is 3. The number of H-pyrrole nitrogens is 1. The van der Waals surface area contributed by atoms with E-state index >= 15 is 0 Å². The van der Waals surface area contributed by atoms with E-state index in [9.17, 15) is 9.50 Å². The van der Waals surface area contributed by atoms with Gasteiger partial charge in [0.05, 0.1) is 11.7 Å². The Bertz CT molecular complexity index is 959. The lowest BCUT2D eigenvalue weighted by molar-refractivity contribution is 0.405. The summed E-state index contributed by atoms with van der Waals surface area (Å²) in [6, 6.07) is 6.03. The molecule has 134 valence electrons. The highest BCUT2D eigenvalue weighted by Gasteiger charge is 2.38. The third-order valence-corrected chi connectivity index (χ3v) is 5.14. The molecule has 0 saturated carbocycles. The summed E-state index contributed by atoms with van der Waals surface area (Å²) in [4.78, 5) is 10.5. The molecular weight excluding hydrogens is 337 g/mol. The van der Waals surface area contributed by atoms with Crippen LogP contribution >= 0.6 is 0 Å². The monoisotopic (exact) mass is 355 g/mol. The SMILES string of the molecule is Oc1nc(N2C3CCC2CNC3)nc(Nc2ccc3[nH]ncc3c2)c1F. The van der Waals surface area contributed by atoms with Gasteiger partial charge in [-0.3, -0.25) is 5.10 Å². The molecule has 1 aromatic carbocycles. The van der Waals surface area contributed by atoms with E-state index in [2.05, 4.69) is 35.7 Å². The van der Waals surface area contributed by atoms with Gasteiger partial charge in [-0.15, -0.1) is 0 Å². The highest BCUT2D eigenvalue weighted by atomic mass is 19.1. The lowest BCUT2D eigenvalue weighted by Crippen LogP contribution is -2.52. The molecular formula is C17H18FN7O. The number of nitrogens with one attached hydrogen (secondary N) is 3. The molecule has 8 nitrogen and oxygen atoms in total. The van der Waals surface area contributed by atoms with Crippen LogP contribution in [0.25, 0.3) is 10.9 Å². The number of hydrogen-bond donors (Lipinski definition) is 4. The first-order valence-corrected chi connectivity index (χ1v) is 8.65. The van der Waals surface area contributed by atoms with Crippen LogP contribution in [0.5, 0.6) is 5.88 Å². The summed E-state index contributed by atoms with van der Waals surface area (Å²) in [5.41, 5.74) is 1.55. The van der Waals surface area contributed by atoms with Crippen molar-refractivity contribution in [1.82, 2.24) is 25.5 Å². The molecule has 2 unspecified atom stereocenters. The topological polar surface area (TPSA) is 102 Å². The molecule has 2 bridgehead atoms. The van der Waals surface area contributed by atoms with E-state index in [1.807, 2.05) is 12.1 Å². The Kier molecular flexibility index (Phi) is 3.42. The predicted molar refractivity (Wildman–Crippen MR) is 95.2 cm³/mol. The smallest absolute Gasteiger partial charge is 0.255 e. The van der Waals surface area contributed by atoms with E-state index in [1.54, 1.807) is 12.3 Å². The molecule has 2 aliphatic rings. The maximum absolute atomic E-state index is 14.4. The van der Waals surface area contributed by atoms with E-state index in [0.29, 0.717) is 11.6 Å². The predicted octanol–water partition coefficient (Wildman–Crippen LogP) is 1.88. The van der Waals surface area contributed by atoms with Crippen LogP contribution in [0, 0.1) is 5.82 Å². The molecule has 0 radical (unpaired) electrons. The summed E-state index contributed by atoms with van der Waals surface area (Å²) in [6.07, 6.45) is 3.77. The number of aromatic amines is 1. The lowest BCUT2D eigenvalue weighted by atomic mass is 10.2.